The molecule has 0 aromatic carbocycles. The van der Waals surface area contributed by atoms with Gasteiger partial charge in [-0.1, -0.05) is 6.42 Å². The van der Waals surface area contributed by atoms with Crippen LogP contribution in [-0.4, -0.2) is 88.4 Å². The molecule has 0 aromatic rings. The molecule has 0 bridgehead atoms. The Morgan fingerprint density at radius 3 is 2.70 bits per heavy atom. The van der Waals surface area contributed by atoms with Crippen LogP contribution in [-0.2, 0) is 14.8 Å². The smallest absolute Gasteiger partial charge is 0.217 e. The van der Waals surface area contributed by atoms with Crippen LogP contribution in [0.1, 0.15) is 44.9 Å². The number of rotatable bonds is 6. The Morgan fingerprint density at radius 1 is 1.18 bits per heavy atom. The summed E-state index contributed by atoms with van der Waals surface area (Å²) in [5.41, 5.74) is 6.54. The summed E-state index contributed by atoms with van der Waals surface area (Å²) in [6.07, 6.45) is 6.89. The third-order valence-electron chi connectivity index (χ3n) is 9.09. The molecule has 3 aliphatic heterocycles. The third kappa shape index (κ3) is 4.34. The molecule has 33 heavy (non-hydrogen) atoms. The highest BCUT2D eigenvalue weighted by atomic mass is 32.2. The summed E-state index contributed by atoms with van der Waals surface area (Å²) < 4.78 is 35.7. The van der Waals surface area contributed by atoms with Gasteiger partial charge >= 0.3 is 0 Å². The van der Waals surface area contributed by atoms with Crippen molar-refractivity contribution in [1.29, 1.82) is 5.26 Å². The van der Waals surface area contributed by atoms with Crippen molar-refractivity contribution in [3.05, 3.63) is 0 Å². The van der Waals surface area contributed by atoms with Gasteiger partial charge in [-0.25, -0.2) is 23.2 Å². The van der Waals surface area contributed by atoms with Crippen molar-refractivity contribution in [1.82, 2.24) is 30.9 Å². The molecule has 3 saturated heterocycles. The summed E-state index contributed by atoms with van der Waals surface area (Å²) in [6, 6.07) is 2.44. The van der Waals surface area contributed by atoms with Crippen molar-refractivity contribution in [2.75, 3.05) is 40.3 Å². The number of likely N-dealkylation sites (N-methyl/N-ethyl adjacent to an activating group) is 1. The molecule has 0 radical (unpaired) electrons. The number of sulfonamides is 1. The van der Waals surface area contributed by atoms with E-state index in [2.05, 4.69) is 37.0 Å². The Kier molecular flexibility index (Phi) is 6.74. The van der Waals surface area contributed by atoms with Crippen LogP contribution in [0.15, 0.2) is 0 Å². The fraction of sp³-hybridized carbons (Fsp3) is 0.955. The number of hydrazine groups is 2. The second kappa shape index (κ2) is 9.32. The average Bonchev–Trinajstić information content (AvgIpc) is 3.42. The molecule has 3 heterocycles. The molecule has 4 N–H and O–H groups in total. The van der Waals surface area contributed by atoms with Gasteiger partial charge in [0.15, 0.2) is 0 Å². The Balaban J connectivity index is 1.23. The van der Waals surface area contributed by atoms with E-state index in [9.17, 15) is 13.7 Å². The van der Waals surface area contributed by atoms with Crippen molar-refractivity contribution in [2.45, 2.75) is 74.5 Å². The molecule has 2 saturated carbocycles. The molecular formula is C22H39N7O3S. The van der Waals surface area contributed by atoms with Gasteiger partial charge in [0.25, 0.3) is 0 Å². The molecule has 0 aromatic heterocycles. The topological polar surface area (TPSA) is 122 Å². The number of hydrogen-bond donors (Lipinski definition) is 4. The Labute approximate surface area is 197 Å². The molecule has 5 aliphatic rings. The van der Waals surface area contributed by atoms with Gasteiger partial charge in [-0.2, -0.15) is 5.26 Å². The number of piperidine rings is 1. The summed E-state index contributed by atoms with van der Waals surface area (Å²) >= 11 is 0. The van der Waals surface area contributed by atoms with Crippen molar-refractivity contribution in [3.8, 4) is 6.07 Å². The van der Waals surface area contributed by atoms with E-state index in [1.807, 2.05) is 7.05 Å². The number of nitrogens with one attached hydrogen (secondary N) is 4. The van der Waals surface area contributed by atoms with Crippen molar-refractivity contribution >= 4 is 10.0 Å². The molecule has 7 atom stereocenters. The molecule has 0 amide bonds. The zero-order valence-corrected chi connectivity index (χ0v) is 20.6. The monoisotopic (exact) mass is 481 g/mol. The van der Waals surface area contributed by atoms with E-state index in [0.717, 1.165) is 58.0 Å². The predicted octanol–water partition coefficient (Wildman–Crippen LogP) is -0.274. The van der Waals surface area contributed by atoms with E-state index < -0.39 is 15.3 Å². The molecule has 10 nitrogen and oxygen atoms in total. The fourth-order valence-corrected chi connectivity index (χ4v) is 8.41. The molecule has 11 heteroatoms. The molecule has 5 fully saturated rings. The molecule has 186 valence electrons. The first kappa shape index (κ1) is 23.9. The molecule has 0 spiro atoms. The van der Waals surface area contributed by atoms with E-state index in [0.29, 0.717) is 24.9 Å². The minimum absolute atomic E-state index is 0.0609. The van der Waals surface area contributed by atoms with Gasteiger partial charge in [-0.05, 0) is 56.9 Å². The maximum absolute atomic E-state index is 13.5. The lowest BCUT2D eigenvalue weighted by Crippen LogP contribution is -2.61. The highest BCUT2D eigenvalue weighted by molar-refractivity contribution is 7.90. The average molecular weight is 482 g/mol. The van der Waals surface area contributed by atoms with E-state index in [1.165, 1.54) is 0 Å². The third-order valence-corrected chi connectivity index (χ3v) is 10.9. The van der Waals surface area contributed by atoms with Crippen LogP contribution < -0.4 is 20.9 Å². The lowest BCUT2D eigenvalue weighted by atomic mass is 9.59. The fourth-order valence-electron chi connectivity index (χ4n) is 6.90. The van der Waals surface area contributed by atoms with Gasteiger partial charge < -0.3 is 10.1 Å². The first-order valence-corrected chi connectivity index (χ1v) is 14.1. The Hall–Kier alpha value is -0.840. The molecular weight excluding hydrogens is 442 g/mol. The Bertz CT molecular complexity index is 861. The summed E-state index contributed by atoms with van der Waals surface area (Å²) in [7, 11) is 0.121. The predicted molar refractivity (Wildman–Crippen MR) is 124 cm³/mol. The summed E-state index contributed by atoms with van der Waals surface area (Å²) in [4.78, 5) is 0. The molecule has 2 aliphatic carbocycles. The van der Waals surface area contributed by atoms with Crippen molar-refractivity contribution in [2.24, 2.45) is 17.3 Å². The van der Waals surface area contributed by atoms with Crippen molar-refractivity contribution < 1.29 is 13.2 Å². The van der Waals surface area contributed by atoms with Crippen LogP contribution in [0.5, 0.6) is 0 Å². The molecule has 7 unspecified atom stereocenters. The number of nitriles is 1. The van der Waals surface area contributed by atoms with Crippen LogP contribution >= 0.6 is 0 Å². The highest BCUT2D eigenvalue weighted by Gasteiger charge is 2.50. The SMILES string of the molecule is COC1CCC2CNN(C)C2C1NS(=O)(=O)C1CNN(C2CC(C3(C#N)CCC3)CCN2)C1. The second-order valence-electron chi connectivity index (χ2n) is 10.7. The minimum atomic E-state index is -3.55. The van der Waals surface area contributed by atoms with Crippen LogP contribution in [0.3, 0.4) is 0 Å². The standard InChI is InChI=1S/C22H39N7O3S/c1-28-21-15(11-25-28)4-5-18(32-2)20(21)27-33(30,31)17-12-26-29(13-17)19-10-16(6-9-24-19)22(14-23)7-3-8-22/h15-21,24-27H,3-13H2,1-2H3. The molecule has 5 rings (SSSR count). The lowest BCUT2D eigenvalue weighted by molar-refractivity contribution is 0.00326. The highest BCUT2D eigenvalue weighted by Crippen LogP contribution is 2.50. The lowest BCUT2D eigenvalue weighted by Gasteiger charge is -2.47. The van der Waals surface area contributed by atoms with Crippen LogP contribution in [0.2, 0.25) is 0 Å². The zero-order valence-electron chi connectivity index (χ0n) is 19.8. The maximum atomic E-state index is 13.5. The van der Waals surface area contributed by atoms with Gasteiger partial charge in [0, 0.05) is 39.8 Å². The number of nitrogens with zero attached hydrogens (tertiary/aromatic N) is 3. The van der Waals surface area contributed by atoms with Crippen LogP contribution in [0.25, 0.3) is 0 Å². The zero-order chi connectivity index (χ0) is 23.2. The van der Waals surface area contributed by atoms with Gasteiger partial charge in [-0.3, -0.25) is 10.9 Å². The van der Waals surface area contributed by atoms with Gasteiger partial charge in [0.2, 0.25) is 10.0 Å². The normalized spacial score (nSPS) is 41.9. The second-order valence-corrected chi connectivity index (χ2v) is 12.7. The van der Waals surface area contributed by atoms with Gasteiger partial charge in [0.1, 0.15) is 5.25 Å². The first-order valence-electron chi connectivity index (χ1n) is 12.5. The summed E-state index contributed by atoms with van der Waals surface area (Å²) in [6.45, 7) is 2.58. The first-order chi connectivity index (χ1) is 15.9. The van der Waals surface area contributed by atoms with Crippen LogP contribution in [0.4, 0.5) is 0 Å². The minimum Gasteiger partial charge on any atom is -0.380 e. The van der Waals surface area contributed by atoms with Crippen molar-refractivity contribution in [3.63, 3.8) is 0 Å². The quantitative estimate of drug-likeness (QED) is 0.406. The summed E-state index contributed by atoms with van der Waals surface area (Å²) in [5, 5.41) is 16.9. The number of hydrogen-bond acceptors (Lipinski definition) is 9. The van der Waals surface area contributed by atoms with E-state index in [-0.39, 0.29) is 29.8 Å². The van der Waals surface area contributed by atoms with Crippen LogP contribution in [0, 0.1) is 28.6 Å². The van der Waals surface area contributed by atoms with Gasteiger partial charge in [-0.15, -0.1) is 0 Å². The largest absolute Gasteiger partial charge is 0.380 e. The van der Waals surface area contributed by atoms with Gasteiger partial charge in [0.05, 0.1) is 29.8 Å². The maximum Gasteiger partial charge on any atom is 0.217 e. The Morgan fingerprint density at radius 2 is 2.00 bits per heavy atom. The summed E-state index contributed by atoms with van der Waals surface area (Å²) in [5.74, 6) is 0.805. The van der Waals surface area contributed by atoms with E-state index in [4.69, 9.17) is 4.74 Å². The number of fused-ring (bicyclic) bond motifs is 1. The number of methoxy groups -OCH3 is 1. The number of ether oxygens (including phenoxy) is 1. The van der Waals surface area contributed by atoms with E-state index in [1.54, 1.807) is 7.11 Å². The van der Waals surface area contributed by atoms with E-state index >= 15 is 0 Å².